The highest BCUT2D eigenvalue weighted by Gasteiger charge is 2.24. The third kappa shape index (κ3) is 7.43. The molecular formula is C37H38Cl2N6O4. The summed E-state index contributed by atoms with van der Waals surface area (Å²) in [5, 5.41) is 3.53. The molecule has 1 amide bonds. The monoisotopic (exact) mass is 700 g/mol. The van der Waals surface area contributed by atoms with Gasteiger partial charge in [-0.25, -0.2) is 15.0 Å². The maximum absolute atomic E-state index is 13.7. The van der Waals surface area contributed by atoms with E-state index in [0.29, 0.717) is 66.5 Å². The molecule has 2 aromatic heterocycles. The van der Waals surface area contributed by atoms with Crippen LogP contribution in [0.1, 0.15) is 32.9 Å². The minimum absolute atomic E-state index is 0.298. The van der Waals surface area contributed by atoms with Gasteiger partial charge in [0.25, 0.3) is 5.91 Å². The van der Waals surface area contributed by atoms with E-state index in [2.05, 4.69) is 32.2 Å². The zero-order valence-electron chi connectivity index (χ0n) is 28.1. The van der Waals surface area contributed by atoms with Gasteiger partial charge in [0.15, 0.2) is 0 Å². The Morgan fingerprint density at radius 3 is 1.88 bits per heavy atom. The molecule has 1 aliphatic rings. The molecule has 0 bridgehead atoms. The number of amides is 1. The van der Waals surface area contributed by atoms with E-state index in [1.165, 1.54) is 19.8 Å². The molecule has 10 nitrogen and oxygen atoms in total. The fourth-order valence-corrected chi connectivity index (χ4v) is 6.64. The Balaban J connectivity index is 1.16. The second kappa shape index (κ2) is 15.0. The number of nitrogens with one attached hydrogen (secondary N) is 1. The van der Waals surface area contributed by atoms with Crippen LogP contribution in [0.5, 0.6) is 17.2 Å². The summed E-state index contributed by atoms with van der Waals surface area (Å²) in [6, 6.07) is 17.2. The van der Waals surface area contributed by atoms with Gasteiger partial charge in [0.05, 0.1) is 53.8 Å². The number of carbonyl (C=O) groups is 1. The maximum atomic E-state index is 13.7. The topological polar surface area (TPSA) is 102 Å². The Morgan fingerprint density at radius 2 is 1.33 bits per heavy atom. The second-order valence-electron chi connectivity index (χ2n) is 11.9. The van der Waals surface area contributed by atoms with Gasteiger partial charge in [-0.05, 0) is 49.2 Å². The minimum Gasteiger partial charge on any atom is -0.497 e. The van der Waals surface area contributed by atoms with Gasteiger partial charge < -0.3 is 19.5 Å². The molecule has 0 aliphatic carbocycles. The molecule has 0 saturated carbocycles. The van der Waals surface area contributed by atoms with Crippen LogP contribution >= 0.6 is 23.2 Å². The molecule has 49 heavy (non-hydrogen) atoms. The Labute approximate surface area is 295 Å². The Hall–Kier alpha value is -4.48. The van der Waals surface area contributed by atoms with Crippen molar-refractivity contribution in [2.24, 2.45) is 0 Å². The molecule has 1 fully saturated rings. The van der Waals surface area contributed by atoms with Crippen molar-refractivity contribution in [1.82, 2.24) is 24.8 Å². The highest BCUT2D eigenvalue weighted by Crippen LogP contribution is 2.47. The number of benzene rings is 3. The third-order valence-corrected chi connectivity index (χ3v) is 9.57. The Bertz CT molecular complexity index is 1950. The van der Waals surface area contributed by atoms with Gasteiger partial charge in [0.1, 0.15) is 28.6 Å². The molecule has 6 rings (SSSR count). The third-order valence-electron chi connectivity index (χ3n) is 8.82. The number of rotatable bonds is 10. The van der Waals surface area contributed by atoms with E-state index in [4.69, 9.17) is 47.4 Å². The van der Waals surface area contributed by atoms with Gasteiger partial charge in [-0.2, -0.15) is 0 Å². The van der Waals surface area contributed by atoms with Crippen molar-refractivity contribution in [2.75, 3.05) is 52.8 Å². The number of hydrogen-bond donors (Lipinski definition) is 1. The van der Waals surface area contributed by atoms with Crippen molar-refractivity contribution < 1.29 is 19.0 Å². The smallest absolute Gasteiger partial charge is 0.259 e. The number of carbonyl (C=O) groups excluding carboxylic acids is 1. The number of piperazine rings is 1. The molecule has 3 aromatic carbocycles. The van der Waals surface area contributed by atoms with Gasteiger partial charge >= 0.3 is 0 Å². The molecule has 0 spiro atoms. The largest absolute Gasteiger partial charge is 0.497 e. The number of methoxy groups -OCH3 is 3. The van der Waals surface area contributed by atoms with E-state index in [1.807, 2.05) is 44.3 Å². The van der Waals surface area contributed by atoms with Crippen LogP contribution in [0.25, 0.3) is 22.2 Å². The normalized spacial score (nSPS) is 13.8. The second-order valence-corrected chi connectivity index (χ2v) is 12.7. The summed E-state index contributed by atoms with van der Waals surface area (Å²) in [7, 11) is 4.72. The number of hydrogen-bond acceptors (Lipinski definition) is 9. The van der Waals surface area contributed by atoms with Crippen molar-refractivity contribution in [1.29, 1.82) is 0 Å². The molecule has 0 unspecified atom stereocenters. The Kier molecular flexibility index (Phi) is 10.5. The number of halogens is 2. The first-order chi connectivity index (χ1) is 23.7. The highest BCUT2D eigenvalue weighted by molar-refractivity contribution is 6.41. The van der Waals surface area contributed by atoms with Crippen LogP contribution in [-0.4, -0.2) is 78.2 Å². The van der Waals surface area contributed by atoms with Gasteiger partial charge in [-0.3, -0.25) is 14.6 Å². The fraction of sp³-hybridized carbons (Fsp3) is 0.297. The van der Waals surface area contributed by atoms with Crippen LogP contribution in [0.3, 0.4) is 0 Å². The lowest BCUT2D eigenvalue weighted by molar-refractivity contribution is 0.102. The van der Waals surface area contributed by atoms with Crippen LogP contribution < -0.4 is 19.5 Å². The quantitative estimate of drug-likeness (QED) is 0.162. The van der Waals surface area contributed by atoms with Gasteiger partial charge in [0, 0.05) is 62.7 Å². The number of aromatic nitrogens is 3. The highest BCUT2D eigenvalue weighted by atomic mass is 35.5. The molecule has 0 atom stereocenters. The lowest BCUT2D eigenvalue weighted by Crippen LogP contribution is -2.45. The lowest BCUT2D eigenvalue weighted by Gasteiger charge is -2.34. The van der Waals surface area contributed by atoms with Crippen LogP contribution in [0, 0.1) is 13.8 Å². The first-order valence-electron chi connectivity index (χ1n) is 15.9. The van der Waals surface area contributed by atoms with E-state index in [-0.39, 0.29) is 5.91 Å². The average molecular weight is 702 g/mol. The van der Waals surface area contributed by atoms with Gasteiger partial charge in [0.2, 0.25) is 0 Å². The zero-order chi connectivity index (χ0) is 34.7. The van der Waals surface area contributed by atoms with Crippen molar-refractivity contribution in [3.63, 3.8) is 0 Å². The molecule has 0 radical (unpaired) electrons. The first-order valence-corrected chi connectivity index (χ1v) is 16.7. The van der Waals surface area contributed by atoms with Crippen LogP contribution in [0.2, 0.25) is 10.0 Å². The standard InChI is InChI=1S/C37H38Cl2N6O4/c1-22-23(2)42-36-28(12-11-27(35(36)41-22)32-33(38)29(48-4)18-30(49-5)34(32)39)37(46)43-31-13-8-25(19-40-31)21-45-16-14-44(15-17-45)20-24-6-9-26(47-3)10-7-24/h6-13,18-19H,14-17,20-21H2,1-5H3,(H,40,43,46). The van der Waals surface area contributed by atoms with E-state index < -0.39 is 0 Å². The molecular weight excluding hydrogens is 663 g/mol. The van der Waals surface area contributed by atoms with Crippen molar-refractivity contribution in [3.8, 4) is 28.4 Å². The summed E-state index contributed by atoms with van der Waals surface area (Å²) < 4.78 is 16.2. The first kappa shape index (κ1) is 34.4. The molecule has 5 aromatic rings. The van der Waals surface area contributed by atoms with E-state index in [1.54, 1.807) is 25.3 Å². The number of anilines is 1. The van der Waals surface area contributed by atoms with Crippen LogP contribution in [0.15, 0.2) is 60.8 Å². The number of fused-ring (bicyclic) bond motifs is 1. The number of nitrogens with zero attached hydrogens (tertiary/aromatic N) is 5. The van der Waals surface area contributed by atoms with Crippen LogP contribution in [-0.2, 0) is 13.1 Å². The summed E-state index contributed by atoms with van der Waals surface area (Å²) in [4.78, 5) is 32.7. The molecule has 12 heteroatoms. The maximum Gasteiger partial charge on any atom is 0.259 e. The summed E-state index contributed by atoms with van der Waals surface area (Å²) >= 11 is 13.5. The van der Waals surface area contributed by atoms with Crippen molar-refractivity contribution in [2.45, 2.75) is 26.9 Å². The SMILES string of the molecule is COc1ccc(CN2CCN(Cc3ccc(NC(=O)c4ccc(-c5c(Cl)c(OC)cc(OC)c5Cl)c5nc(C)c(C)nc45)nc3)CC2)cc1. The molecule has 1 saturated heterocycles. The van der Waals surface area contributed by atoms with Crippen molar-refractivity contribution in [3.05, 3.63) is 98.9 Å². The van der Waals surface area contributed by atoms with E-state index in [0.717, 1.165) is 50.6 Å². The summed E-state index contributed by atoms with van der Waals surface area (Å²) in [5.41, 5.74) is 6.07. The molecule has 1 N–H and O–H groups in total. The summed E-state index contributed by atoms with van der Waals surface area (Å²) in [6.07, 6.45) is 1.81. The molecule has 1 aliphatic heterocycles. The zero-order valence-corrected chi connectivity index (χ0v) is 29.7. The number of aryl methyl sites for hydroxylation is 2. The predicted molar refractivity (Wildman–Crippen MR) is 193 cm³/mol. The van der Waals surface area contributed by atoms with Gasteiger partial charge in [-0.1, -0.05) is 47.5 Å². The summed E-state index contributed by atoms with van der Waals surface area (Å²) in [6.45, 7) is 9.35. The fourth-order valence-electron chi connectivity index (χ4n) is 5.94. The van der Waals surface area contributed by atoms with Crippen LogP contribution in [0.4, 0.5) is 5.82 Å². The number of ether oxygens (including phenoxy) is 3. The van der Waals surface area contributed by atoms with Crippen molar-refractivity contribution >= 4 is 46.0 Å². The number of pyridine rings is 1. The predicted octanol–water partition coefficient (Wildman–Crippen LogP) is 7.21. The Morgan fingerprint density at radius 1 is 0.755 bits per heavy atom. The van der Waals surface area contributed by atoms with Gasteiger partial charge in [-0.15, -0.1) is 0 Å². The molecule has 3 heterocycles. The minimum atomic E-state index is -0.359. The molecule has 254 valence electrons. The van der Waals surface area contributed by atoms with E-state index in [9.17, 15) is 4.79 Å². The van der Waals surface area contributed by atoms with E-state index >= 15 is 0 Å². The summed E-state index contributed by atoms with van der Waals surface area (Å²) in [5.74, 6) is 1.74. The lowest BCUT2D eigenvalue weighted by atomic mass is 9.99. The average Bonchev–Trinajstić information content (AvgIpc) is 3.11.